The van der Waals surface area contributed by atoms with Crippen molar-refractivity contribution in [2.75, 3.05) is 18.4 Å². The van der Waals surface area contributed by atoms with Gasteiger partial charge in [-0.1, -0.05) is 6.92 Å². The highest BCUT2D eigenvalue weighted by molar-refractivity contribution is 7.09. The molecule has 2 heterocycles. The van der Waals surface area contributed by atoms with Gasteiger partial charge in [0.05, 0.1) is 0 Å². The summed E-state index contributed by atoms with van der Waals surface area (Å²) in [5.74, 6) is 2.67. The van der Waals surface area contributed by atoms with Crippen LogP contribution in [0.15, 0.2) is 0 Å². The SMILES string of the molecule is CCCc1nsc(NC2C3CNCC32)n1. The summed E-state index contributed by atoms with van der Waals surface area (Å²) in [7, 11) is 0. The molecule has 0 bridgehead atoms. The van der Waals surface area contributed by atoms with E-state index in [0.29, 0.717) is 6.04 Å². The Hall–Kier alpha value is -0.680. The molecule has 2 atom stereocenters. The van der Waals surface area contributed by atoms with Crippen LogP contribution in [0.3, 0.4) is 0 Å². The summed E-state index contributed by atoms with van der Waals surface area (Å²) in [6, 6.07) is 0.661. The van der Waals surface area contributed by atoms with E-state index in [1.807, 2.05) is 0 Å². The maximum absolute atomic E-state index is 4.48. The van der Waals surface area contributed by atoms with Crippen LogP contribution in [0, 0.1) is 11.8 Å². The first kappa shape index (κ1) is 9.54. The van der Waals surface area contributed by atoms with E-state index in [1.165, 1.54) is 24.6 Å². The van der Waals surface area contributed by atoms with E-state index in [4.69, 9.17) is 0 Å². The highest BCUT2D eigenvalue weighted by Gasteiger charge is 2.53. The number of aryl methyl sites for hydroxylation is 1. The zero-order valence-electron chi connectivity index (χ0n) is 8.86. The number of rotatable bonds is 4. The zero-order chi connectivity index (χ0) is 10.3. The molecule has 2 fully saturated rings. The van der Waals surface area contributed by atoms with Crippen LogP contribution >= 0.6 is 11.5 Å². The van der Waals surface area contributed by atoms with E-state index in [-0.39, 0.29) is 0 Å². The Morgan fingerprint density at radius 3 is 3.00 bits per heavy atom. The standard InChI is InChI=1S/C10H16N4S/c1-2-3-8-12-10(15-14-8)13-9-6-4-11-5-7(6)9/h6-7,9,11H,2-5H2,1H3,(H,12,13,14). The molecule has 1 saturated carbocycles. The third-order valence-corrected chi connectivity index (χ3v) is 4.01. The first-order valence-corrected chi connectivity index (χ1v) is 6.45. The summed E-state index contributed by atoms with van der Waals surface area (Å²) >= 11 is 1.50. The maximum atomic E-state index is 4.48. The van der Waals surface area contributed by atoms with Crippen molar-refractivity contribution < 1.29 is 0 Å². The molecular weight excluding hydrogens is 208 g/mol. The number of piperidine rings is 1. The Morgan fingerprint density at radius 1 is 1.47 bits per heavy atom. The van der Waals surface area contributed by atoms with Crippen molar-refractivity contribution in [1.29, 1.82) is 0 Å². The van der Waals surface area contributed by atoms with Gasteiger partial charge in [-0.25, -0.2) is 4.98 Å². The fourth-order valence-electron chi connectivity index (χ4n) is 2.41. The van der Waals surface area contributed by atoms with Crippen LogP contribution in [0.4, 0.5) is 5.13 Å². The molecule has 3 rings (SSSR count). The molecule has 2 aliphatic rings. The summed E-state index contributed by atoms with van der Waals surface area (Å²) in [6.07, 6.45) is 2.12. The molecule has 2 N–H and O–H groups in total. The van der Waals surface area contributed by atoms with Gasteiger partial charge in [0.2, 0.25) is 5.13 Å². The lowest BCUT2D eigenvalue weighted by Crippen LogP contribution is -2.21. The third kappa shape index (κ3) is 1.74. The molecule has 15 heavy (non-hydrogen) atoms. The van der Waals surface area contributed by atoms with Gasteiger partial charge < -0.3 is 10.6 Å². The number of fused-ring (bicyclic) bond motifs is 1. The van der Waals surface area contributed by atoms with Crippen molar-refractivity contribution in [2.24, 2.45) is 11.8 Å². The fraction of sp³-hybridized carbons (Fsp3) is 0.800. The number of nitrogens with one attached hydrogen (secondary N) is 2. The first-order chi connectivity index (χ1) is 7.38. The molecule has 1 aliphatic carbocycles. The monoisotopic (exact) mass is 224 g/mol. The molecule has 0 aromatic carbocycles. The van der Waals surface area contributed by atoms with Crippen LogP contribution in [0.25, 0.3) is 0 Å². The second-order valence-corrected chi connectivity index (χ2v) is 5.17. The number of aromatic nitrogens is 2. The van der Waals surface area contributed by atoms with Crippen LogP contribution in [0.1, 0.15) is 19.2 Å². The Labute approximate surface area is 93.7 Å². The molecule has 0 spiro atoms. The smallest absolute Gasteiger partial charge is 0.202 e. The number of nitrogens with zero attached hydrogens (tertiary/aromatic N) is 2. The van der Waals surface area contributed by atoms with Gasteiger partial charge in [-0.15, -0.1) is 0 Å². The predicted molar refractivity (Wildman–Crippen MR) is 61.2 cm³/mol. The Bertz CT molecular complexity index is 341. The van der Waals surface area contributed by atoms with E-state index < -0.39 is 0 Å². The molecule has 1 aromatic heterocycles. The molecule has 0 amide bonds. The summed E-state index contributed by atoms with van der Waals surface area (Å²) in [6.45, 7) is 4.50. The summed E-state index contributed by atoms with van der Waals surface area (Å²) < 4.78 is 4.33. The number of hydrogen-bond acceptors (Lipinski definition) is 5. The average molecular weight is 224 g/mol. The summed E-state index contributed by atoms with van der Waals surface area (Å²) in [5, 5.41) is 7.90. The molecule has 1 aliphatic heterocycles. The lowest BCUT2D eigenvalue weighted by molar-refractivity contribution is 0.696. The minimum absolute atomic E-state index is 0.661. The second kappa shape index (κ2) is 3.72. The minimum atomic E-state index is 0.661. The van der Waals surface area contributed by atoms with Crippen molar-refractivity contribution >= 4 is 16.7 Å². The zero-order valence-corrected chi connectivity index (χ0v) is 9.68. The fourth-order valence-corrected chi connectivity index (χ4v) is 3.07. The van der Waals surface area contributed by atoms with Gasteiger partial charge in [-0.05, 0) is 18.3 Å². The van der Waals surface area contributed by atoms with Gasteiger partial charge in [-0.3, -0.25) is 0 Å². The maximum Gasteiger partial charge on any atom is 0.202 e. The number of anilines is 1. The van der Waals surface area contributed by atoms with E-state index in [9.17, 15) is 0 Å². The highest BCUT2D eigenvalue weighted by atomic mass is 32.1. The van der Waals surface area contributed by atoms with Crippen molar-refractivity contribution in [3.63, 3.8) is 0 Å². The summed E-state index contributed by atoms with van der Waals surface area (Å²) in [4.78, 5) is 4.48. The molecular formula is C10H16N4S. The average Bonchev–Trinajstić information content (AvgIpc) is 2.68. The lowest BCUT2D eigenvalue weighted by Gasteiger charge is -2.04. The molecule has 1 saturated heterocycles. The van der Waals surface area contributed by atoms with Crippen LogP contribution < -0.4 is 10.6 Å². The van der Waals surface area contributed by atoms with E-state index in [2.05, 4.69) is 26.9 Å². The van der Waals surface area contributed by atoms with Crippen molar-refractivity contribution in [2.45, 2.75) is 25.8 Å². The summed E-state index contributed by atoms with van der Waals surface area (Å²) in [5.41, 5.74) is 0. The third-order valence-electron chi connectivity index (χ3n) is 3.32. The molecule has 4 nitrogen and oxygen atoms in total. The minimum Gasteiger partial charge on any atom is -0.357 e. The van der Waals surface area contributed by atoms with Gasteiger partial charge in [0.25, 0.3) is 0 Å². The van der Waals surface area contributed by atoms with E-state index in [0.717, 1.165) is 35.6 Å². The van der Waals surface area contributed by atoms with Gasteiger partial charge in [0.15, 0.2) is 0 Å². The molecule has 5 heteroatoms. The van der Waals surface area contributed by atoms with Crippen molar-refractivity contribution in [3.8, 4) is 0 Å². The Morgan fingerprint density at radius 2 is 2.27 bits per heavy atom. The normalized spacial score (nSPS) is 32.7. The molecule has 2 unspecified atom stereocenters. The lowest BCUT2D eigenvalue weighted by atomic mass is 10.3. The van der Waals surface area contributed by atoms with Crippen molar-refractivity contribution in [1.82, 2.24) is 14.7 Å². The topological polar surface area (TPSA) is 49.8 Å². The highest BCUT2D eigenvalue weighted by Crippen LogP contribution is 2.43. The van der Waals surface area contributed by atoms with E-state index in [1.54, 1.807) is 0 Å². The van der Waals surface area contributed by atoms with E-state index >= 15 is 0 Å². The molecule has 82 valence electrons. The van der Waals surface area contributed by atoms with Gasteiger partial charge in [0.1, 0.15) is 5.82 Å². The van der Waals surface area contributed by atoms with Gasteiger partial charge in [0, 0.05) is 37.1 Å². The first-order valence-electron chi connectivity index (χ1n) is 5.68. The van der Waals surface area contributed by atoms with Gasteiger partial charge >= 0.3 is 0 Å². The van der Waals surface area contributed by atoms with Crippen molar-refractivity contribution in [3.05, 3.63) is 5.82 Å². The number of hydrogen-bond donors (Lipinski definition) is 2. The molecule has 1 aromatic rings. The van der Waals surface area contributed by atoms with Gasteiger partial charge in [-0.2, -0.15) is 4.37 Å². The van der Waals surface area contributed by atoms with Crippen LogP contribution in [0.2, 0.25) is 0 Å². The predicted octanol–water partition coefficient (Wildman–Crippen LogP) is 1.12. The van der Waals surface area contributed by atoms with Crippen LogP contribution in [-0.2, 0) is 6.42 Å². The van der Waals surface area contributed by atoms with Crippen LogP contribution in [-0.4, -0.2) is 28.5 Å². The Kier molecular flexibility index (Phi) is 2.36. The van der Waals surface area contributed by atoms with Crippen LogP contribution in [0.5, 0.6) is 0 Å². The largest absolute Gasteiger partial charge is 0.357 e. The Balaban J connectivity index is 1.58. The second-order valence-electron chi connectivity index (χ2n) is 4.42. The quantitative estimate of drug-likeness (QED) is 0.804. The molecule has 0 radical (unpaired) electrons.